The number of likely N-dealkylation sites (tertiary alicyclic amines) is 1. The van der Waals surface area contributed by atoms with Gasteiger partial charge in [0.15, 0.2) is 0 Å². The number of ether oxygens (including phenoxy) is 2. The van der Waals surface area contributed by atoms with E-state index in [-0.39, 0.29) is 23.7 Å². The summed E-state index contributed by atoms with van der Waals surface area (Å²) in [6.07, 6.45) is 1.41. The Morgan fingerprint density at radius 2 is 1.97 bits per heavy atom. The first-order valence-corrected chi connectivity index (χ1v) is 12.3. The summed E-state index contributed by atoms with van der Waals surface area (Å²) < 4.78 is 12.6. The van der Waals surface area contributed by atoms with Gasteiger partial charge >= 0.3 is 5.97 Å². The van der Waals surface area contributed by atoms with E-state index in [4.69, 9.17) is 14.5 Å². The second kappa shape index (κ2) is 10.8. The van der Waals surface area contributed by atoms with Crippen molar-refractivity contribution in [2.45, 2.75) is 40.2 Å². The number of piperidine rings is 1. The number of hydrogen-bond donors (Lipinski definition) is 1. The van der Waals surface area contributed by atoms with Gasteiger partial charge in [-0.15, -0.1) is 0 Å². The smallest absolute Gasteiger partial charge is 0.310 e. The summed E-state index contributed by atoms with van der Waals surface area (Å²) in [5, 5.41) is 2.79. The molecule has 1 fully saturated rings. The average Bonchev–Trinajstić information content (AvgIpc) is 3.26. The molecule has 1 N–H and O–H groups in total. The molecular weight excluding hydrogens is 460 g/mol. The maximum absolute atomic E-state index is 13.9. The predicted octanol–water partition coefficient (Wildman–Crippen LogP) is 4.11. The predicted molar refractivity (Wildman–Crippen MR) is 137 cm³/mol. The molecule has 1 saturated heterocycles. The van der Waals surface area contributed by atoms with Crippen LogP contribution in [0.2, 0.25) is 0 Å². The molecule has 0 aliphatic carbocycles. The Morgan fingerprint density at radius 3 is 2.67 bits per heavy atom. The summed E-state index contributed by atoms with van der Waals surface area (Å²) in [6, 6.07) is 11.1. The van der Waals surface area contributed by atoms with Crippen LogP contribution in [0.4, 0.5) is 5.69 Å². The number of carbonyl (C=O) groups excluding carboxylic acids is 3. The third-order valence-corrected chi connectivity index (χ3v) is 6.37. The largest absolute Gasteiger partial charge is 0.497 e. The van der Waals surface area contributed by atoms with Crippen LogP contribution in [0.5, 0.6) is 5.75 Å². The van der Waals surface area contributed by atoms with Gasteiger partial charge in [0.1, 0.15) is 11.6 Å². The van der Waals surface area contributed by atoms with Gasteiger partial charge in [-0.05, 0) is 51.0 Å². The van der Waals surface area contributed by atoms with Gasteiger partial charge in [0.2, 0.25) is 5.91 Å². The van der Waals surface area contributed by atoms with Gasteiger partial charge in [0.25, 0.3) is 5.91 Å². The third kappa shape index (κ3) is 5.05. The van der Waals surface area contributed by atoms with Crippen molar-refractivity contribution >= 4 is 34.5 Å². The van der Waals surface area contributed by atoms with Crippen LogP contribution in [0.25, 0.3) is 22.4 Å². The number of nitrogens with zero attached hydrogens (tertiary/aromatic N) is 3. The molecule has 0 bridgehead atoms. The molecule has 1 aromatic heterocycles. The summed E-state index contributed by atoms with van der Waals surface area (Å²) in [4.78, 5) is 44.7. The number of amides is 2. The van der Waals surface area contributed by atoms with Crippen LogP contribution in [0.1, 0.15) is 44.0 Å². The molecule has 0 saturated carbocycles. The minimum atomic E-state index is -0.347. The highest BCUT2D eigenvalue weighted by atomic mass is 16.5. The zero-order valence-electron chi connectivity index (χ0n) is 21.2. The first-order valence-electron chi connectivity index (χ1n) is 12.3. The number of imidazole rings is 1. The topological polar surface area (TPSA) is 103 Å². The van der Waals surface area contributed by atoms with Gasteiger partial charge < -0.3 is 24.3 Å². The van der Waals surface area contributed by atoms with Crippen molar-refractivity contribution < 1.29 is 23.9 Å². The van der Waals surface area contributed by atoms with Gasteiger partial charge in [0.05, 0.1) is 36.2 Å². The molecule has 190 valence electrons. The van der Waals surface area contributed by atoms with Crippen LogP contribution in [-0.4, -0.2) is 59.0 Å². The second-order valence-corrected chi connectivity index (χ2v) is 8.83. The van der Waals surface area contributed by atoms with Crippen LogP contribution in [0.3, 0.4) is 0 Å². The highest BCUT2D eigenvalue weighted by Crippen LogP contribution is 2.33. The van der Waals surface area contributed by atoms with E-state index in [0.29, 0.717) is 72.9 Å². The lowest BCUT2D eigenvalue weighted by Crippen LogP contribution is -2.43. The van der Waals surface area contributed by atoms with Gasteiger partial charge in [-0.3, -0.25) is 14.4 Å². The minimum absolute atomic E-state index is 0.201. The molecule has 3 aromatic rings. The number of rotatable bonds is 7. The van der Waals surface area contributed by atoms with E-state index in [1.807, 2.05) is 35.8 Å². The lowest BCUT2D eigenvalue weighted by molar-refractivity contribution is -0.149. The fourth-order valence-corrected chi connectivity index (χ4v) is 4.78. The van der Waals surface area contributed by atoms with E-state index in [1.54, 1.807) is 31.1 Å². The standard InChI is InChI=1S/C27H32N4O5/c1-5-31-24-22(26(33)30-12-8-10-19(16-30)27(34)36-6-2)14-20(28-17(3)32)15-23(24)29-25(31)18-9-7-11-21(13-18)35-4/h7,9,11,13-15,19H,5-6,8,10,12,16H2,1-4H3,(H,28,32)/t19-/m0/s1. The molecule has 2 aromatic carbocycles. The first-order chi connectivity index (χ1) is 17.4. The summed E-state index contributed by atoms with van der Waals surface area (Å²) >= 11 is 0. The molecule has 0 spiro atoms. The van der Waals surface area contributed by atoms with Gasteiger partial charge in [-0.25, -0.2) is 4.98 Å². The van der Waals surface area contributed by atoms with Crippen molar-refractivity contribution in [3.8, 4) is 17.1 Å². The SMILES string of the molecule is CCOC(=O)[C@H]1CCCN(C(=O)c2cc(NC(C)=O)cc3nc(-c4cccc(OC)c4)n(CC)c23)C1. The third-order valence-electron chi connectivity index (χ3n) is 6.37. The van der Waals surface area contributed by atoms with E-state index < -0.39 is 0 Å². The van der Waals surface area contributed by atoms with Crippen molar-refractivity contribution in [1.82, 2.24) is 14.5 Å². The Labute approximate surface area is 210 Å². The number of aryl methyl sites for hydroxylation is 1. The van der Waals surface area contributed by atoms with Crippen molar-refractivity contribution in [2.75, 3.05) is 32.1 Å². The fraction of sp³-hybridized carbons (Fsp3) is 0.407. The molecule has 0 radical (unpaired) electrons. The van der Waals surface area contributed by atoms with Crippen LogP contribution in [-0.2, 0) is 20.9 Å². The van der Waals surface area contributed by atoms with Gasteiger partial charge in [0, 0.05) is 37.8 Å². The van der Waals surface area contributed by atoms with Crippen molar-refractivity contribution in [3.63, 3.8) is 0 Å². The second-order valence-electron chi connectivity index (χ2n) is 8.83. The first kappa shape index (κ1) is 25.2. The zero-order valence-corrected chi connectivity index (χ0v) is 21.2. The van der Waals surface area contributed by atoms with E-state index in [1.165, 1.54) is 6.92 Å². The highest BCUT2D eigenvalue weighted by molar-refractivity contribution is 6.08. The summed E-state index contributed by atoms with van der Waals surface area (Å²) in [7, 11) is 1.61. The molecule has 9 nitrogen and oxygen atoms in total. The van der Waals surface area contributed by atoms with E-state index in [9.17, 15) is 14.4 Å². The molecule has 4 rings (SSSR count). The number of benzene rings is 2. The molecule has 2 amide bonds. The molecule has 2 heterocycles. The van der Waals surface area contributed by atoms with Crippen LogP contribution < -0.4 is 10.1 Å². The molecule has 1 aliphatic heterocycles. The number of fused-ring (bicyclic) bond motifs is 1. The average molecular weight is 493 g/mol. The molecule has 1 atom stereocenters. The van der Waals surface area contributed by atoms with Gasteiger partial charge in [-0.1, -0.05) is 12.1 Å². The van der Waals surface area contributed by atoms with E-state index in [2.05, 4.69) is 5.32 Å². The number of nitrogens with one attached hydrogen (secondary N) is 1. The number of methoxy groups -OCH3 is 1. The number of carbonyl (C=O) groups is 3. The van der Waals surface area contributed by atoms with Crippen LogP contribution in [0.15, 0.2) is 36.4 Å². The summed E-state index contributed by atoms with van der Waals surface area (Å²) in [5.41, 5.74) is 3.07. The lowest BCUT2D eigenvalue weighted by atomic mass is 9.97. The van der Waals surface area contributed by atoms with E-state index in [0.717, 1.165) is 5.56 Å². The number of anilines is 1. The Kier molecular flexibility index (Phi) is 7.57. The maximum atomic E-state index is 13.9. The Hall–Kier alpha value is -3.88. The fourth-order valence-electron chi connectivity index (χ4n) is 4.78. The maximum Gasteiger partial charge on any atom is 0.310 e. The normalized spacial score (nSPS) is 15.6. The highest BCUT2D eigenvalue weighted by Gasteiger charge is 2.31. The zero-order chi connectivity index (χ0) is 25.8. The van der Waals surface area contributed by atoms with Crippen molar-refractivity contribution in [1.29, 1.82) is 0 Å². The molecular formula is C27H32N4O5. The van der Waals surface area contributed by atoms with Crippen LogP contribution in [0, 0.1) is 5.92 Å². The monoisotopic (exact) mass is 492 g/mol. The number of esters is 1. The van der Waals surface area contributed by atoms with Crippen LogP contribution >= 0.6 is 0 Å². The summed E-state index contributed by atoms with van der Waals surface area (Å²) in [5.74, 6) is 0.342. The van der Waals surface area contributed by atoms with Crippen molar-refractivity contribution in [2.24, 2.45) is 5.92 Å². The minimum Gasteiger partial charge on any atom is -0.497 e. The van der Waals surface area contributed by atoms with Gasteiger partial charge in [-0.2, -0.15) is 0 Å². The number of hydrogen-bond acceptors (Lipinski definition) is 6. The Balaban J connectivity index is 1.83. The summed E-state index contributed by atoms with van der Waals surface area (Å²) in [6.45, 7) is 6.93. The molecule has 36 heavy (non-hydrogen) atoms. The molecule has 9 heteroatoms. The quantitative estimate of drug-likeness (QED) is 0.498. The Morgan fingerprint density at radius 1 is 1.17 bits per heavy atom. The Bertz CT molecular complexity index is 1300. The lowest BCUT2D eigenvalue weighted by Gasteiger charge is -2.32. The molecule has 0 unspecified atom stereocenters. The molecule has 1 aliphatic rings. The number of aromatic nitrogens is 2. The van der Waals surface area contributed by atoms with Crippen molar-refractivity contribution in [3.05, 3.63) is 42.0 Å². The van der Waals surface area contributed by atoms with E-state index >= 15 is 0 Å².